The predicted molar refractivity (Wildman–Crippen MR) is 81.5 cm³/mol. The molecule has 0 spiro atoms. The number of hydrogen-bond donors (Lipinski definition) is 2. The lowest BCUT2D eigenvalue weighted by Crippen LogP contribution is -2.28. The molecule has 0 atom stereocenters. The van der Waals surface area contributed by atoms with Crippen molar-refractivity contribution in [1.82, 2.24) is 9.88 Å². The Bertz CT molecular complexity index is 565. The number of nitrogens with zero attached hydrogens (tertiary/aromatic N) is 1. The minimum absolute atomic E-state index is 0.592. The Hall–Kier alpha value is -2.01. The van der Waals surface area contributed by atoms with Crippen LogP contribution in [0.2, 0.25) is 0 Å². The standard InChI is InChI=1S/C14H17N3OS/c1-17-8-4-6-12(17)10-15-14(19)16-11-5-3-7-13(9-11)18-2/h3-9H,10H2,1-2H3,(H2,15,16,19). The van der Waals surface area contributed by atoms with Gasteiger partial charge in [0, 0.05) is 30.7 Å². The first-order valence-corrected chi connectivity index (χ1v) is 6.39. The summed E-state index contributed by atoms with van der Waals surface area (Å²) >= 11 is 5.26. The molecule has 0 aliphatic rings. The highest BCUT2D eigenvalue weighted by molar-refractivity contribution is 7.80. The first kappa shape index (κ1) is 13.4. The number of aromatic nitrogens is 1. The third-order valence-electron chi connectivity index (χ3n) is 2.81. The van der Waals surface area contributed by atoms with Crippen LogP contribution in [0.15, 0.2) is 42.6 Å². The summed E-state index contributed by atoms with van der Waals surface area (Å²) in [5.74, 6) is 0.801. The number of anilines is 1. The number of ether oxygens (including phenoxy) is 1. The average molecular weight is 275 g/mol. The van der Waals surface area contributed by atoms with Crippen molar-refractivity contribution < 1.29 is 4.74 Å². The van der Waals surface area contributed by atoms with Gasteiger partial charge >= 0.3 is 0 Å². The van der Waals surface area contributed by atoms with E-state index in [-0.39, 0.29) is 0 Å². The van der Waals surface area contributed by atoms with Gasteiger partial charge in [0.1, 0.15) is 5.75 Å². The lowest BCUT2D eigenvalue weighted by atomic mass is 10.3. The summed E-state index contributed by atoms with van der Waals surface area (Å²) in [6.45, 7) is 0.694. The largest absolute Gasteiger partial charge is 0.497 e. The van der Waals surface area contributed by atoms with Crippen molar-refractivity contribution in [3.05, 3.63) is 48.3 Å². The molecule has 0 amide bonds. The smallest absolute Gasteiger partial charge is 0.171 e. The fraction of sp³-hybridized carbons (Fsp3) is 0.214. The molecule has 4 nitrogen and oxygen atoms in total. The zero-order valence-corrected chi connectivity index (χ0v) is 11.8. The number of thiocarbonyl (C=S) groups is 1. The summed E-state index contributed by atoms with van der Waals surface area (Å²) in [6, 6.07) is 11.7. The van der Waals surface area contributed by atoms with Crippen LogP contribution in [0.3, 0.4) is 0 Å². The Morgan fingerprint density at radius 2 is 2.16 bits per heavy atom. The zero-order valence-electron chi connectivity index (χ0n) is 11.0. The van der Waals surface area contributed by atoms with Crippen molar-refractivity contribution in [3.8, 4) is 5.75 Å². The molecule has 0 aliphatic carbocycles. The molecule has 0 aliphatic heterocycles. The minimum Gasteiger partial charge on any atom is -0.497 e. The summed E-state index contributed by atoms with van der Waals surface area (Å²) in [5.41, 5.74) is 2.08. The summed E-state index contributed by atoms with van der Waals surface area (Å²) < 4.78 is 7.22. The van der Waals surface area contributed by atoms with Crippen LogP contribution in [0.25, 0.3) is 0 Å². The van der Waals surface area contributed by atoms with Gasteiger partial charge in [-0.25, -0.2) is 0 Å². The van der Waals surface area contributed by atoms with E-state index in [0.717, 1.165) is 11.4 Å². The molecule has 2 rings (SSSR count). The molecule has 5 heteroatoms. The number of hydrogen-bond acceptors (Lipinski definition) is 2. The molecule has 1 aromatic carbocycles. The van der Waals surface area contributed by atoms with Crippen molar-refractivity contribution in [3.63, 3.8) is 0 Å². The fourth-order valence-electron chi connectivity index (χ4n) is 1.73. The van der Waals surface area contributed by atoms with Crippen molar-refractivity contribution >= 4 is 23.0 Å². The van der Waals surface area contributed by atoms with Crippen LogP contribution in [-0.2, 0) is 13.6 Å². The van der Waals surface area contributed by atoms with Gasteiger partial charge in [0.15, 0.2) is 5.11 Å². The first-order valence-electron chi connectivity index (χ1n) is 5.98. The maximum absolute atomic E-state index is 5.26. The molecule has 0 saturated carbocycles. The van der Waals surface area contributed by atoms with Gasteiger partial charge in [-0.1, -0.05) is 6.07 Å². The highest BCUT2D eigenvalue weighted by Crippen LogP contribution is 2.16. The molecule has 0 saturated heterocycles. The fourth-order valence-corrected chi connectivity index (χ4v) is 1.92. The topological polar surface area (TPSA) is 38.2 Å². The highest BCUT2D eigenvalue weighted by Gasteiger charge is 2.01. The van der Waals surface area contributed by atoms with Crippen molar-refractivity contribution in [2.24, 2.45) is 7.05 Å². The van der Waals surface area contributed by atoms with Crippen LogP contribution in [-0.4, -0.2) is 16.8 Å². The third kappa shape index (κ3) is 3.72. The molecular weight excluding hydrogens is 258 g/mol. The van der Waals surface area contributed by atoms with E-state index in [1.54, 1.807) is 7.11 Å². The summed E-state index contributed by atoms with van der Waals surface area (Å²) in [6.07, 6.45) is 2.01. The lowest BCUT2D eigenvalue weighted by molar-refractivity contribution is 0.415. The van der Waals surface area contributed by atoms with Crippen molar-refractivity contribution in [2.45, 2.75) is 6.54 Å². The summed E-state index contributed by atoms with van der Waals surface area (Å²) in [5, 5.41) is 6.89. The van der Waals surface area contributed by atoms with Gasteiger partial charge in [0.05, 0.1) is 13.7 Å². The first-order chi connectivity index (χ1) is 9.19. The molecule has 1 heterocycles. The van der Waals surface area contributed by atoms with E-state index in [1.165, 1.54) is 5.69 Å². The zero-order chi connectivity index (χ0) is 13.7. The van der Waals surface area contributed by atoms with Crippen LogP contribution in [0.5, 0.6) is 5.75 Å². The van der Waals surface area contributed by atoms with Gasteiger partial charge in [0.25, 0.3) is 0 Å². The van der Waals surface area contributed by atoms with E-state index in [0.29, 0.717) is 11.7 Å². The van der Waals surface area contributed by atoms with E-state index >= 15 is 0 Å². The van der Waals surface area contributed by atoms with E-state index in [9.17, 15) is 0 Å². The molecule has 19 heavy (non-hydrogen) atoms. The Morgan fingerprint density at radius 3 is 2.84 bits per heavy atom. The quantitative estimate of drug-likeness (QED) is 0.841. The van der Waals surface area contributed by atoms with Gasteiger partial charge in [-0.2, -0.15) is 0 Å². The maximum Gasteiger partial charge on any atom is 0.171 e. The van der Waals surface area contributed by atoms with Gasteiger partial charge in [0.2, 0.25) is 0 Å². The van der Waals surface area contributed by atoms with Crippen LogP contribution >= 0.6 is 12.2 Å². The molecular formula is C14H17N3OS. The van der Waals surface area contributed by atoms with Crippen LogP contribution in [0, 0.1) is 0 Å². The Morgan fingerprint density at radius 1 is 1.32 bits per heavy atom. The Labute approximate surface area is 118 Å². The van der Waals surface area contributed by atoms with Crippen LogP contribution in [0.4, 0.5) is 5.69 Å². The normalized spacial score (nSPS) is 10.0. The Balaban J connectivity index is 1.89. The molecule has 0 unspecified atom stereocenters. The molecule has 0 radical (unpaired) electrons. The molecule has 0 bridgehead atoms. The number of benzene rings is 1. The van der Waals surface area contributed by atoms with Gasteiger partial charge in [-0.05, 0) is 36.5 Å². The SMILES string of the molecule is COc1cccc(NC(=S)NCc2cccn2C)c1. The highest BCUT2D eigenvalue weighted by atomic mass is 32.1. The van der Waals surface area contributed by atoms with E-state index < -0.39 is 0 Å². The third-order valence-corrected chi connectivity index (χ3v) is 3.06. The summed E-state index contributed by atoms with van der Waals surface area (Å²) in [7, 11) is 3.65. The van der Waals surface area contributed by atoms with E-state index in [4.69, 9.17) is 17.0 Å². The second-order valence-corrected chi connectivity index (χ2v) is 4.56. The van der Waals surface area contributed by atoms with Crippen LogP contribution < -0.4 is 15.4 Å². The van der Waals surface area contributed by atoms with E-state index in [2.05, 4.69) is 21.3 Å². The number of aryl methyl sites for hydroxylation is 1. The number of rotatable bonds is 4. The van der Waals surface area contributed by atoms with Gasteiger partial charge in [-0.15, -0.1) is 0 Å². The van der Waals surface area contributed by atoms with Crippen molar-refractivity contribution in [1.29, 1.82) is 0 Å². The van der Waals surface area contributed by atoms with Crippen LogP contribution in [0.1, 0.15) is 5.69 Å². The molecule has 0 fully saturated rings. The average Bonchev–Trinajstić information content (AvgIpc) is 2.82. The number of methoxy groups -OCH3 is 1. The van der Waals surface area contributed by atoms with Crippen molar-refractivity contribution in [2.75, 3.05) is 12.4 Å². The van der Waals surface area contributed by atoms with Gasteiger partial charge < -0.3 is 19.9 Å². The number of nitrogens with one attached hydrogen (secondary N) is 2. The van der Waals surface area contributed by atoms with E-state index in [1.807, 2.05) is 43.6 Å². The molecule has 2 aromatic rings. The molecule has 2 N–H and O–H groups in total. The second kappa shape index (κ2) is 6.24. The molecule has 1 aromatic heterocycles. The lowest BCUT2D eigenvalue weighted by Gasteiger charge is -2.11. The molecule has 100 valence electrons. The maximum atomic E-state index is 5.26. The minimum atomic E-state index is 0.592. The Kier molecular flexibility index (Phi) is 4.41. The van der Waals surface area contributed by atoms with Gasteiger partial charge in [-0.3, -0.25) is 0 Å². The summed E-state index contributed by atoms with van der Waals surface area (Å²) in [4.78, 5) is 0. The predicted octanol–water partition coefficient (Wildman–Crippen LogP) is 2.52. The second-order valence-electron chi connectivity index (χ2n) is 4.15. The monoisotopic (exact) mass is 275 g/mol.